The van der Waals surface area contributed by atoms with Crippen molar-refractivity contribution in [3.8, 4) is 0 Å². The van der Waals surface area contributed by atoms with E-state index in [0.29, 0.717) is 11.1 Å². The van der Waals surface area contributed by atoms with Gasteiger partial charge in [-0.1, -0.05) is 59.9 Å². The fourth-order valence-electron chi connectivity index (χ4n) is 2.00. The molecule has 1 aromatic heterocycles. The SMILES string of the molecule is O=C(Nc1nnc(S(=O)(=O)Cc2ccccc2)s1)c1ccccc1. The number of nitrogens with one attached hydrogen (secondary N) is 1. The maximum atomic E-state index is 12.4. The van der Waals surface area contributed by atoms with E-state index in [1.165, 1.54) is 0 Å². The molecule has 0 unspecified atom stereocenters. The van der Waals surface area contributed by atoms with E-state index in [-0.39, 0.29) is 21.1 Å². The second-order valence-electron chi connectivity index (χ2n) is 4.94. The summed E-state index contributed by atoms with van der Waals surface area (Å²) in [6.45, 7) is 0. The molecule has 6 nitrogen and oxygen atoms in total. The Morgan fingerprint density at radius 2 is 1.58 bits per heavy atom. The van der Waals surface area contributed by atoms with E-state index < -0.39 is 9.84 Å². The third kappa shape index (κ3) is 3.84. The zero-order chi connectivity index (χ0) is 17.0. The van der Waals surface area contributed by atoms with E-state index in [1.807, 2.05) is 6.07 Å². The van der Waals surface area contributed by atoms with E-state index >= 15 is 0 Å². The summed E-state index contributed by atoms with van der Waals surface area (Å²) in [5, 5.41) is 10.1. The van der Waals surface area contributed by atoms with E-state index in [4.69, 9.17) is 0 Å². The molecule has 0 radical (unpaired) electrons. The normalized spacial score (nSPS) is 11.2. The maximum absolute atomic E-state index is 12.4. The first-order chi connectivity index (χ1) is 11.5. The molecule has 122 valence electrons. The highest BCUT2D eigenvalue weighted by Gasteiger charge is 2.21. The van der Waals surface area contributed by atoms with Crippen LogP contribution in [0.2, 0.25) is 0 Å². The number of nitrogens with zero attached hydrogens (tertiary/aromatic N) is 2. The van der Waals surface area contributed by atoms with Crippen LogP contribution in [0.5, 0.6) is 0 Å². The molecule has 24 heavy (non-hydrogen) atoms. The van der Waals surface area contributed by atoms with Gasteiger partial charge < -0.3 is 0 Å². The highest BCUT2D eigenvalue weighted by Crippen LogP contribution is 2.23. The van der Waals surface area contributed by atoms with Crippen molar-refractivity contribution in [1.82, 2.24) is 10.2 Å². The standard InChI is InChI=1S/C16H13N3O3S2/c20-14(13-9-5-2-6-10-13)17-15-18-19-16(23-15)24(21,22)11-12-7-3-1-4-8-12/h1-10H,11H2,(H,17,18,20). The molecule has 0 aliphatic heterocycles. The Bertz CT molecular complexity index is 939. The lowest BCUT2D eigenvalue weighted by atomic mass is 10.2. The van der Waals surface area contributed by atoms with Gasteiger partial charge in [-0.15, -0.1) is 10.2 Å². The molecular formula is C16H13N3O3S2. The fourth-order valence-corrected chi connectivity index (χ4v) is 4.31. The first-order valence-corrected chi connectivity index (χ1v) is 9.48. The van der Waals surface area contributed by atoms with Crippen molar-refractivity contribution in [2.24, 2.45) is 0 Å². The lowest BCUT2D eigenvalue weighted by Gasteiger charge is -2.00. The minimum atomic E-state index is -3.60. The van der Waals surface area contributed by atoms with Crippen molar-refractivity contribution in [1.29, 1.82) is 0 Å². The molecule has 1 heterocycles. The summed E-state index contributed by atoms with van der Waals surface area (Å²) in [4.78, 5) is 12.0. The van der Waals surface area contributed by atoms with Gasteiger partial charge in [-0.05, 0) is 17.7 Å². The third-order valence-corrected chi connectivity index (χ3v) is 6.10. The predicted molar refractivity (Wildman–Crippen MR) is 91.6 cm³/mol. The summed E-state index contributed by atoms with van der Waals surface area (Å²) in [5.41, 5.74) is 1.13. The largest absolute Gasteiger partial charge is 0.296 e. The predicted octanol–water partition coefficient (Wildman–Crippen LogP) is 2.76. The van der Waals surface area contributed by atoms with Crippen LogP contribution in [0.15, 0.2) is 65.0 Å². The zero-order valence-electron chi connectivity index (χ0n) is 12.4. The Hall–Kier alpha value is -2.58. The number of carbonyl (C=O) groups excluding carboxylic acids is 1. The third-order valence-electron chi connectivity index (χ3n) is 3.13. The molecule has 3 aromatic rings. The lowest BCUT2D eigenvalue weighted by molar-refractivity contribution is 0.102. The molecule has 0 aliphatic rings. The molecule has 0 saturated carbocycles. The van der Waals surface area contributed by atoms with Gasteiger partial charge in [-0.25, -0.2) is 8.42 Å². The first kappa shape index (κ1) is 16.3. The van der Waals surface area contributed by atoms with Crippen LogP contribution in [0.3, 0.4) is 0 Å². The number of rotatable bonds is 5. The second kappa shape index (κ2) is 6.90. The van der Waals surface area contributed by atoms with Gasteiger partial charge in [0, 0.05) is 5.56 Å². The van der Waals surface area contributed by atoms with Gasteiger partial charge in [0.05, 0.1) is 5.75 Å². The number of hydrogen-bond donors (Lipinski definition) is 1. The summed E-state index contributed by atoms with van der Waals surface area (Å²) in [6, 6.07) is 17.4. The van der Waals surface area contributed by atoms with E-state index in [2.05, 4.69) is 15.5 Å². The van der Waals surface area contributed by atoms with Crippen LogP contribution >= 0.6 is 11.3 Å². The molecule has 0 spiro atoms. The molecule has 1 amide bonds. The summed E-state index contributed by atoms with van der Waals surface area (Å²) in [5.74, 6) is -0.520. The van der Waals surface area contributed by atoms with Crippen LogP contribution in [-0.4, -0.2) is 24.5 Å². The molecular weight excluding hydrogens is 346 g/mol. The average Bonchev–Trinajstić information content (AvgIpc) is 3.06. The highest BCUT2D eigenvalue weighted by atomic mass is 32.2. The number of aromatic nitrogens is 2. The quantitative estimate of drug-likeness (QED) is 0.708. The van der Waals surface area contributed by atoms with Gasteiger partial charge in [-0.2, -0.15) is 0 Å². The molecule has 0 bridgehead atoms. The monoisotopic (exact) mass is 359 g/mol. The van der Waals surface area contributed by atoms with Crippen molar-refractivity contribution in [2.75, 3.05) is 5.32 Å². The Labute approximate surface area is 143 Å². The van der Waals surface area contributed by atoms with Gasteiger partial charge in [-0.3, -0.25) is 10.1 Å². The molecule has 1 N–H and O–H groups in total. The summed E-state index contributed by atoms with van der Waals surface area (Å²) in [6.07, 6.45) is 0. The Morgan fingerprint density at radius 1 is 0.958 bits per heavy atom. The maximum Gasteiger partial charge on any atom is 0.257 e. The molecule has 0 atom stereocenters. The number of sulfone groups is 1. The van der Waals surface area contributed by atoms with Crippen molar-refractivity contribution in [2.45, 2.75) is 10.1 Å². The van der Waals surface area contributed by atoms with E-state index in [9.17, 15) is 13.2 Å². The van der Waals surface area contributed by atoms with Crippen molar-refractivity contribution >= 4 is 32.2 Å². The molecule has 3 rings (SSSR count). The Morgan fingerprint density at radius 3 is 2.25 bits per heavy atom. The summed E-state index contributed by atoms with van der Waals surface area (Å²) in [7, 11) is -3.60. The first-order valence-electron chi connectivity index (χ1n) is 7.01. The van der Waals surface area contributed by atoms with Crippen LogP contribution in [0.25, 0.3) is 0 Å². The number of benzene rings is 2. The molecule has 2 aromatic carbocycles. The van der Waals surface area contributed by atoms with Gasteiger partial charge in [0.25, 0.3) is 5.91 Å². The minimum Gasteiger partial charge on any atom is -0.296 e. The number of carbonyl (C=O) groups is 1. The molecule has 0 saturated heterocycles. The van der Waals surface area contributed by atoms with Crippen LogP contribution in [0.1, 0.15) is 15.9 Å². The average molecular weight is 359 g/mol. The van der Waals surface area contributed by atoms with Crippen LogP contribution in [0.4, 0.5) is 5.13 Å². The van der Waals surface area contributed by atoms with Gasteiger partial charge in [0.1, 0.15) is 0 Å². The van der Waals surface area contributed by atoms with E-state index in [0.717, 1.165) is 11.3 Å². The van der Waals surface area contributed by atoms with Gasteiger partial charge in [0.2, 0.25) is 19.3 Å². The van der Waals surface area contributed by atoms with Crippen LogP contribution in [0, 0.1) is 0 Å². The lowest BCUT2D eigenvalue weighted by Crippen LogP contribution is -2.11. The summed E-state index contributed by atoms with van der Waals surface area (Å²) < 4.78 is 24.6. The van der Waals surface area contributed by atoms with Crippen LogP contribution < -0.4 is 5.32 Å². The molecule has 0 aliphatic carbocycles. The summed E-state index contributed by atoms with van der Waals surface area (Å²) >= 11 is 0.840. The van der Waals surface area contributed by atoms with Gasteiger partial charge >= 0.3 is 0 Å². The van der Waals surface area contributed by atoms with Crippen molar-refractivity contribution in [3.63, 3.8) is 0 Å². The fraction of sp³-hybridized carbons (Fsp3) is 0.0625. The smallest absolute Gasteiger partial charge is 0.257 e. The number of amides is 1. The van der Waals surface area contributed by atoms with Crippen molar-refractivity contribution < 1.29 is 13.2 Å². The number of hydrogen-bond acceptors (Lipinski definition) is 6. The van der Waals surface area contributed by atoms with E-state index in [1.54, 1.807) is 54.6 Å². The number of anilines is 1. The Kier molecular flexibility index (Phi) is 4.68. The molecule has 0 fully saturated rings. The highest BCUT2D eigenvalue weighted by molar-refractivity contribution is 7.92. The zero-order valence-corrected chi connectivity index (χ0v) is 14.0. The minimum absolute atomic E-state index is 0.116. The van der Waals surface area contributed by atoms with Crippen molar-refractivity contribution in [3.05, 3.63) is 71.8 Å². The Balaban J connectivity index is 1.74. The topological polar surface area (TPSA) is 89.0 Å². The molecule has 8 heteroatoms. The van der Waals surface area contributed by atoms with Gasteiger partial charge in [0.15, 0.2) is 0 Å². The van der Waals surface area contributed by atoms with Crippen LogP contribution in [-0.2, 0) is 15.6 Å². The second-order valence-corrected chi connectivity index (χ2v) is 8.08.